The lowest BCUT2D eigenvalue weighted by molar-refractivity contribution is -0.385. The van der Waals surface area contributed by atoms with Crippen LogP contribution in [0, 0.1) is 17.0 Å². The maximum atomic E-state index is 10.8. The van der Waals surface area contributed by atoms with E-state index in [1.54, 1.807) is 19.1 Å². The Morgan fingerprint density at radius 1 is 1.56 bits per heavy atom. The average Bonchev–Trinajstić information content (AvgIpc) is 2.73. The Balaban J connectivity index is 2.20. The maximum Gasteiger partial charge on any atom is 0.274 e. The van der Waals surface area contributed by atoms with Crippen LogP contribution in [0.4, 0.5) is 11.4 Å². The molecule has 1 aliphatic rings. The van der Waals surface area contributed by atoms with Crippen molar-refractivity contribution in [2.45, 2.75) is 19.4 Å². The van der Waals surface area contributed by atoms with Crippen LogP contribution >= 0.6 is 11.8 Å². The Bertz CT molecular complexity index is 403. The molecule has 0 saturated carbocycles. The van der Waals surface area contributed by atoms with E-state index in [-0.39, 0.29) is 10.6 Å². The highest BCUT2D eigenvalue weighted by Crippen LogP contribution is 2.28. The molecule has 1 heterocycles. The highest BCUT2D eigenvalue weighted by molar-refractivity contribution is 7.99. The van der Waals surface area contributed by atoms with Crippen molar-refractivity contribution in [1.82, 2.24) is 0 Å². The summed E-state index contributed by atoms with van der Waals surface area (Å²) in [4.78, 5) is 10.5. The summed E-state index contributed by atoms with van der Waals surface area (Å²) in [6.07, 6.45) is 1.13. The highest BCUT2D eigenvalue weighted by atomic mass is 32.2. The van der Waals surface area contributed by atoms with Crippen molar-refractivity contribution in [1.29, 1.82) is 0 Å². The molecule has 2 rings (SSSR count). The van der Waals surface area contributed by atoms with Crippen molar-refractivity contribution in [3.63, 3.8) is 0 Å². The summed E-state index contributed by atoms with van der Waals surface area (Å²) >= 11 is 1.92. The molecule has 1 aromatic carbocycles. The number of hydrogen-bond acceptors (Lipinski definition) is 4. The molecule has 1 unspecified atom stereocenters. The van der Waals surface area contributed by atoms with E-state index >= 15 is 0 Å². The molecule has 1 N–H and O–H groups in total. The van der Waals surface area contributed by atoms with E-state index < -0.39 is 0 Å². The summed E-state index contributed by atoms with van der Waals surface area (Å²) in [7, 11) is 0. The van der Waals surface area contributed by atoms with Crippen LogP contribution in [0.1, 0.15) is 12.0 Å². The second-order valence-electron chi connectivity index (χ2n) is 3.91. The molecule has 0 radical (unpaired) electrons. The lowest BCUT2D eigenvalue weighted by Gasteiger charge is -2.14. The minimum Gasteiger partial charge on any atom is -0.381 e. The van der Waals surface area contributed by atoms with Gasteiger partial charge in [-0.3, -0.25) is 10.1 Å². The summed E-state index contributed by atoms with van der Waals surface area (Å²) in [6.45, 7) is 1.79. The van der Waals surface area contributed by atoms with Gasteiger partial charge in [0.1, 0.15) is 0 Å². The Morgan fingerprint density at radius 2 is 2.38 bits per heavy atom. The van der Waals surface area contributed by atoms with Gasteiger partial charge in [0, 0.05) is 29.1 Å². The third-order valence-corrected chi connectivity index (χ3v) is 3.95. The number of nitrogens with one attached hydrogen (secondary N) is 1. The second kappa shape index (κ2) is 4.74. The van der Waals surface area contributed by atoms with E-state index in [9.17, 15) is 10.1 Å². The molecule has 4 nitrogen and oxygen atoms in total. The van der Waals surface area contributed by atoms with Crippen LogP contribution in [0.15, 0.2) is 18.2 Å². The topological polar surface area (TPSA) is 55.2 Å². The maximum absolute atomic E-state index is 10.8. The van der Waals surface area contributed by atoms with E-state index in [1.165, 1.54) is 5.75 Å². The van der Waals surface area contributed by atoms with E-state index in [2.05, 4.69) is 5.32 Å². The molecule has 1 atom stereocenters. The quantitative estimate of drug-likeness (QED) is 0.650. The van der Waals surface area contributed by atoms with Crippen LogP contribution in [0.3, 0.4) is 0 Å². The van der Waals surface area contributed by atoms with Gasteiger partial charge in [0.25, 0.3) is 5.69 Å². The molecule has 1 fully saturated rings. The molecule has 0 amide bonds. The second-order valence-corrected chi connectivity index (χ2v) is 5.06. The number of nitro groups is 1. The summed E-state index contributed by atoms with van der Waals surface area (Å²) in [5.41, 5.74) is 1.81. The lowest BCUT2D eigenvalue weighted by Crippen LogP contribution is -2.18. The smallest absolute Gasteiger partial charge is 0.274 e. The van der Waals surface area contributed by atoms with Crippen LogP contribution < -0.4 is 5.32 Å². The first-order valence-corrected chi connectivity index (χ1v) is 6.42. The molecule has 1 saturated heterocycles. The van der Waals surface area contributed by atoms with Gasteiger partial charge in [-0.25, -0.2) is 0 Å². The Morgan fingerprint density at radius 3 is 3.00 bits per heavy atom. The SMILES string of the molecule is Cc1c(NC2CCSC2)cccc1[N+](=O)[O-]. The van der Waals surface area contributed by atoms with Crippen molar-refractivity contribution in [2.24, 2.45) is 0 Å². The highest BCUT2D eigenvalue weighted by Gasteiger charge is 2.18. The van der Waals surface area contributed by atoms with Crippen molar-refractivity contribution in [2.75, 3.05) is 16.8 Å². The third kappa shape index (κ3) is 2.29. The van der Waals surface area contributed by atoms with E-state index in [0.29, 0.717) is 6.04 Å². The third-order valence-electron chi connectivity index (χ3n) is 2.79. The number of nitro benzene ring substituents is 1. The Hall–Kier alpha value is -1.23. The van der Waals surface area contributed by atoms with Crippen LogP contribution in [-0.4, -0.2) is 22.5 Å². The predicted molar refractivity (Wildman–Crippen MR) is 67.2 cm³/mol. The van der Waals surface area contributed by atoms with Crippen molar-refractivity contribution in [3.8, 4) is 0 Å². The number of anilines is 1. The van der Waals surface area contributed by atoms with Crippen LogP contribution in [0.25, 0.3) is 0 Å². The Kier molecular flexibility index (Phi) is 3.33. The average molecular weight is 238 g/mol. The minimum absolute atomic E-state index is 0.190. The van der Waals surface area contributed by atoms with E-state index in [4.69, 9.17) is 0 Å². The normalized spacial score (nSPS) is 19.7. The fourth-order valence-electron chi connectivity index (χ4n) is 1.85. The minimum atomic E-state index is -0.329. The molecule has 1 aliphatic heterocycles. The molecule has 0 aliphatic carbocycles. The summed E-state index contributed by atoms with van der Waals surface area (Å²) in [5.74, 6) is 2.26. The predicted octanol–water partition coefficient (Wildman–Crippen LogP) is 2.82. The van der Waals surface area contributed by atoms with Crippen molar-refractivity contribution < 1.29 is 4.92 Å². The van der Waals surface area contributed by atoms with E-state index in [1.807, 2.05) is 17.8 Å². The zero-order valence-electron chi connectivity index (χ0n) is 9.10. The van der Waals surface area contributed by atoms with Gasteiger partial charge in [0.05, 0.1) is 4.92 Å². The van der Waals surface area contributed by atoms with Crippen LogP contribution in [0.5, 0.6) is 0 Å². The van der Waals surface area contributed by atoms with E-state index in [0.717, 1.165) is 23.4 Å². The molecule has 1 aromatic rings. The van der Waals surface area contributed by atoms with Gasteiger partial charge in [0.2, 0.25) is 0 Å². The van der Waals surface area contributed by atoms with Gasteiger partial charge in [-0.1, -0.05) is 6.07 Å². The zero-order chi connectivity index (χ0) is 11.5. The van der Waals surface area contributed by atoms with Crippen LogP contribution in [0.2, 0.25) is 0 Å². The number of thioether (sulfide) groups is 1. The summed E-state index contributed by atoms with van der Waals surface area (Å²) in [6, 6.07) is 5.64. The van der Waals surface area contributed by atoms with Gasteiger partial charge in [0.15, 0.2) is 0 Å². The largest absolute Gasteiger partial charge is 0.381 e. The first kappa shape index (κ1) is 11.3. The number of rotatable bonds is 3. The molecule has 0 spiro atoms. The Labute approximate surface area is 98.6 Å². The molecule has 0 aromatic heterocycles. The first-order valence-electron chi connectivity index (χ1n) is 5.27. The fourth-order valence-corrected chi connectivity index (χ4v) is 3.00. The summed E-state index contributed by atoms with van der Waals surface area (Å²) in [5, 5.41) is 14.2. The van der Waals surface area contributed by atoms with Crippen molar-refractivity contribution >= 4 is 23.1 Å². The standard InChI is InChI=1S/C11H14N2O2S/c1-8-10(12-9-5-6-16-7-9)3-2-4-11(8)13(14)15/h2-4,9,12H,5-7H2,1H3. The number of nitrogens with zero attached hydrogens (tertiary/aromatic N) is 1. The molecule has 16 heavy (non-hydrogen) atoms. The fraction of sp³-hybridized carbons (Fsp3) is 0.455. The molecule has 5 heteroatoms. The number of hydrogen-bond donors (Lipinski definition) is 1. The van der Waals surface area contributed by atoms with Gasteiger partial charge < -0.3 is 5.32 Å². The summed E-state index contributed by atoms with van der Waals surface area (Å²) < 4.78 is 0. The number of benzene rings is 1. The van der Waals surface area contributed by atoms with Crippen LogP contribution in [-0.2, 0) is 0 Å². The monoisotopic (exact) mass is 238 g/mol. The first-order chi connectivity index (χ1) is 7.68. The zero-order valence-corrected chi connectivity index (χ0v) is 9.92. The lowest BCUT2D eigenvalue weighted by atomic mass is 10.1. The molecular weight excluding hydrogens is 224 g/mol. The van der Waals surface area contributed by atoms with Gasteiger partial charge in [-0.15, -0.1) is 0 Å². The van der Waals surface area contributed by atoms with Gasteiger partial charge in [-0.2, -0.15) is 11.8 Å². The van der Waals surface area contributed by atoms with Crippen molar-refractivity contribution in [3.05, 3.63) is 33.9 Å². The molecular formula is C11H14N2O2S. The van der Waals surface area contributed by atoms with Gasteiger partial charge in [-0.05, 0) is 25.2 Å². The molecule has 86 valence electrons. The molecule has 0 bridgehead atoms. The van der Waals surface area contributed by atoms with Gasteiger partial charge >= 0.3 is 0 Å².